The maximum Gasteiger partial charge on any atom is 0.0540 e. The SMILES string of the molecule is CCC1CN(Cc2cccc(C#CCCO)c2)CCS1. The van der Waals surface area contributed by atoms with E-state index in [1.54, 1.807) is 0 Å². The molecule has 0 aromatic heterocycles. The van der Waals surface area contributed by atoms with Crippen molar-refractivity contribution in [3.63, 3.8) is 0 Å². The minimum absolute atomic E-state index is 0.135. The van der Waals surface area contributed by atoms with E-state index in [1.165, 1.54) is 30.8 Å². The van der Waals surface area contributed by atoms with Crippen LogP contribution in [-0.4, -0.2) is 40.7 Å². The molecule has 1 aromatic rings. The van der Waals surface area contributed by atoms with E-state index in [1.807, 2.05) is 6.07 Å². The van der Waals surface area contributed by atoms with Crippen LogP contribution in [0.25, 0.3) is 0 Å². The van der Waals surface area contributed by atoms with Gasteiger partial charge in [0.2, 0.25) is 0 Å². The average molecular weight is 289 g/mol. The van der Waals surface area contributed by atoms with Crippen LogP contribution in [0.2, 0.25) is 0 Å². The average Bonchev–Trinajstić information content (AvgIpc) is 2.48. The van der Waals surface area contributed by atoms with Crippen molar-refractivity contribution < 1.29 is 5.11 Å². The van der Waals surface area contributed by atoms with E-state index in [-0.39, 0.29) is 6.61 Å². The van der Waals surface area contributed by atoms with Gasteiger partial charge in [0.15, 0.2) is 0 Å². The number of aliphatic hydroxyl groups is 1. The molecular formula is C17H23NOS. The maximum atomic E-state index is 8.75. The van der Waals surface area contributed by atoms with Gasteiger partial charge in [-0.3, -0.25) is 4.90 Å². The molecule has 1 aliphatic heterocycles. The van der Waals surface area contributed by atoms with Crippen molar-refractivity contribution in [2.75, 3.05) is 25.4 Å². The van der Waals surface area contributed by atoms with Crippen molar-refractivity contribution in [1.29, 1.82) is 0 Å². The van der Waals surface area contributed by atoms with E-state index < -0.39 is 0 Å². The van der Waals surface area contributed by atoms with Gasteiger partial charge in [0.25, 0.3) is 0 Å². The van der Waals surface area contributed by atoms with E-state index in [0.29, 0.717) is 6.42 Å². The Labute approximate surface area is 126 Å². The molecule has 0 radical (unpaired) electrons. The normalized spacial score (nSPS) is 19.4. The molecule has 0 bridgehead atoms. The molecule has 1 fully saturated rings. The highest BCUT2D eigenvalue weighted by Crippen LogP contribution is 2.22. The van der Waals surface area contributed by atoms with Crippen LogP contribution in [-0.2, 0) is 6.54 Å². The quantitative estimate of drug-likeness (QED) is 0.862. The monoisotopic (exact) mass is 289 g/mol. The van der Waals surface area contributed by atoms with Crippen molar-refractivity contribution in [3.05, 3.63) is 35.4 Å². The first-order valence-electron chi connectivity index (χ1n) is 7.34. The lowest BCUT2D eigenvalue weighted by Crippen LogP contribution is -2.37. The van der Waals surface area contributed by atoms with E-state index in [0.717, 1.165) is 17.4 Å². The second kappa shape index (κ2) is 8.36. The Kier molecular flexibility index (Phi) is 6.46. The summed E-state index contributed by atoms with van der Waals surface area (Å²) in [6, 6.07) is 8.47. The predicted molar refractivity (Wildman–Crippen MR) is 86.8 cm³/mol. The number of rotatable bonds is 4. The molecule has 1 unspecified atom stereocenters. The number of hydrogen-bond acceptors (Lipinski definition) is 3. The van der Waals surface area contributed by atoms with E-state index in [9.17, 15) is 0 Å². The molecule has 1 atom stereocenters. The fourth-order valence-electron chi connectivity index (χ4n) is 2.40. The van der Waals surface area contributed by atoms with Crippen LogP contribution in [0.5, 0.6) is 0 Å². The number of aliphatic hydroxyl groups excluding tert-OH is 1. The van der Waals surface area contributed by atoms with Crippen LogP contribution in [0.15, 0.2) is 24.3 Å². The number of benzene rings is 1. The van der Waals surface area contributed by atoms with E-state index >= 15 is 0 Å². The Balaban J connectivity index is 1.96. The van der Waals surface area contributed by atoms with Crippen LogP contribution in [0, 0.1) is 11.8 Å². The summed E-state index contributed by atoms with van der Waals surface area (Å²) in [5, 5.41) is 9.54. The Hall–Kier alpha value is -0.950. The van der Waals surface area contributed by atoms with Gasteiger partial charge in [-0.1, -0.05) is 30.9 Å². The van der Waals surface area contributed by atoms with Crippen molar-refractivity contribution in [2.45, 2.75) is 31.6 Å². The highest BCUT2D eigenvalue weighted by Gasteiger charge is 2.18. The van der Waals surface area contributed by atoms with Crippen molar-refractivity contribution >= 4 is 11.8 Å². The van der Waals surface area contributed by atoms with Crippen LogP contribution in [0.1, 0.15) is 30.9 Å². The summed E-state index contributed by atoms with van der Waals surface area (Å²) in [5.74, 6) is 7.34. The van der Waals surface area contributed by atoms with Gasteiger partial charge in [-0.15, -0.1) is 0 Å². The molecule has 1 aliphatic rings. The van der Waals surface area contributed by atoms with Gasteiger partial charge in [0.1, 0.15) is 0 Å². The molecule has 0 saturated carbocycles. The molecule has 0 aliphatic carbocycles. The van der Waals surface area contributed by atoms with Crippen LogP contribution >= 0.6 is 11.8 Å². The lowest BCUT2D eigenvalue weighted by Gasteiger charge is -2.31. The topological polar surface area (TPSA) is 23.5 Å². The minimum Gasteiger partial charge on any atom is -0.395 e. The Morgan fingerprint density at radius 2 is 2.35 bits per heavy atom. The summed E-state index contributed by atoms with van der Waals surface area (Å²) in [4.78, 5) is 2.55. The highest BCUT2D eigenvalue weighted by atomic mass is 32.2. The molecule has 1 heterocycles. The first-order valence-corrected chi connectivity index (χ1v) is 8.39. The molecule has 2 rings (SSSR count). The zero-order valence-electron chi connectivity index (χ0n) is 12.1. The van der Waals surface area contributed by atoms with Gasteiger partial charge in [-0.05, 0) is 24.1 Å². The largest absolute Gasteiger partial charge is 0.395 e. The van der Waals surface area contributed by atoms with Gasteiger partial charge in [-0.2, -0.15) is 11.8 Å². The lowest BCUT2D eigenvalue weighted by molar-refractivity contribution is 0.273. The van der Waals surface area contributed by atoms with Gasteiger partial charge >= 0.3 is 0 Å². The Bertz CT molecular complexity index is 477. The van der Waals surface area contributed by atoms with Crippen LogP contribution in [0.3, 0.4) is 0 Å². The maximum absolute atomic E-state index is 8.75. The molecule has 20 heavy (non-hydrogen) atoms. The first-order chi connectivity index (χ1) is 9.81. The van der Waals surface area contributed by atoms with Crippen molar-refractivity contribution in [2.24, 2.45) is 0 Å². The second-order valence-electron chi connectivity index (χ2n) is 5.11. The summed E-state index contributed by atoms with van der Waals surface area (Å²) in [5.41, 5.74) is 2.39. The predicted octanol–water partition coefficient (Wildman–Crippen LogP) is 2.75. The molecule has 108 valence electrons. The van der Waals surface area contributed by atoms with Crippen LogP contribution < -0.4 is 0 Å². The number of hydrogen-bond donors (Lipinski definition) is 1. The standard InChI is InChI=1S/C17H23NOS/c1-2-17-14-18(9-11-20-17)13-16-8-5-7-15(12-16)6-3-4-10-19/h5,7-8,12,17,19H,2,4,9-11,13-14H2,1H3. The molecule has 1 N–H and O–H groups in total. The molecule has 3 heteroatoms. The van der Waals surface area contributed by atoms with Gasteiger partial charge < -0.3 is 5.11 Å². The van der Waals surface area contributed by atoms with E-state index in [2.05, 4.69) is 53.6 Å². The minimum atomic E-state index is 0.135. The third-order valence-corrected chi connectivity index (χ3v) is 4.85. The van der Waals surface area contributed by atoms with Crippen molar-refractivity contribution in [3.8, 4) is 11.8 Å². The van der Waals surface area contributed by atoms with E-state index in [4.69, 9.17) is 5.11 Å². The molecule has 0 spiro atoms. The molecule has 0 amide bonds. The smallest absolute Gasteiger partial charge is 0.0540 e. The highest BCUT2D eigenvalue weighted by molar-refractivity contribution is 8.00. The molecular weight excluding hydrogens is 266 g/mol. The fraction of sp³-hybridized carbons (Fsp3) is 0.529. The third kappa shape index (κ3) is 4.86. The summed E-state index contributed by atoms with van der Waals surface area (Å²) in [7, 11) is 0. The summed E-state index contributed by atoms with van der Waals surface area (Å²) in [6.07, 6.45) is 1.81. The zero-order chi connectivity index (χ0) is 14.2. The fourth-order valence-corrected chi connectivity index (χ4v) is 3.65. The molecule has 1 aromatic carbocycles. The Morgan fingerprint density at radius 1 is 1.45 bits per heavy atom. The third-order valence-electron chi connectivity index (χ3n) is 3.48. The lowest BCUT2D eigenvalue weighted by atomic mass is 10.1. The van der Waals surface area contributed by atoms with Crippen LogP contribution in [0.4, 0.5) is 0 Å². The van der Waals surface area contributed by atoms with Gasteiger partial charge in [-0.25, -0.2) is 0 Å². The first kappa shape index (κ1) is 15.4. The van der Waals surface area contributed by atoms with Gasteiger partial charge in [0, 0.05) is 42.6 Å². The molecule has 2 nitrogen and oxygen atoms in total. The Morgan fingerprint density at radius 3 is 3.15 bits per heavy atom. The van der Waals surface area contributed by atoms with Gasteiger partial charge in [0.05, 0.1) is 6.61 Å². The summed E-state index contributed by atoms with van der Waals surface area (Å²) >= 11 is 2.11. The summed E-state index contributed by atoms with van der Waals surface area (Å²) < 4.78 is 0. The summed E-state index contributed by atoms with van der Waals surface area (Å²) in [6.45, 7) is 5.81. The number of thioether (sulfide) groups is 1. The second-order valence-corrected chi connectivity index (χ2v) is 6.52. The number of nitrogens with zero attached hydrogens (tertiary/aromatic N) is 1. The zero-order valence-corrected chi connectivity index (χ0v) is 13.0. The molecule has 1 saturated heterocycles. The van der Waals surface area contributed by atoms with Crippen molar-refractivity contribution in [1.82, 2.24) is 4.90 Å².